The summed E-state index contributed by atoms with van der Waals surface area (Å²) >= 11 is 5.50. The van der Waals surface area contributed by atoms with Gasteiger partial charge in [0.05, 0.1) is 23.9 Å². The van der Waals surface area contributed by atoms with Crippen molar-refractivity contribution in [2.45, 2.75) is 199 Å². The lowest BCUT2D eigenvalue weighted by atomic mass is 10.00. The van der Waals surface area contributed by atoms with Gasteiger partial charge in [-0.05, 0) is 109 Å². The number of hydrogen-bond acceptors (Lipinski definition) is 19. The molecule has 25 nitrogen and oxygen atoms in total. The summed E-state index contributed by atoms with van der Waals surface area (Å²) in [7, 11) is -2.36. The fourth-order valence-electron chi connectivity index (χ4n) is 14.3. The standard InChI is InChI=1S/C29H36F3N7O2Si.C24H23F3N6O.C23H31F3N6O2Si.C6H6ClN/c1-42(2,3)16-15-41-20-38-13-8-22-27(34-19-35-28(22)38)37-14-9-24-23(18-37)26(25(40)5-4-10-29(30,31)32)36-39(24)17-21-6-11-33-12-7-21;25-24(26,27)8-1-2-21(34)22-18-15-32(19-6-12-30-23-17(19)5-11-29-23)13-7-20(18)33(31-22)14-16-3-9-28-10-4-16;1-35(2,3)12-11-34-15-32-9-6-16-21(27-14-28-22(16)32)31-10-7-18-17(13-31)20(30-29-18)19(33)5-4-8-23(24,25)26;7-5-6-1-3-8-4-2-6/h6-8,11-13,19H,4-5,9-10,14-18,20H2,1-3H3;3-6,9-12H,1-2,7-8,13-15H2,(H,29,30);6,9,14H,4-5,7-8,10-13,15H2,1-3H3,(H,29,30);1-4H,5H2. The third kappa shape index (κ3) is 24.1. The topological polar surface area (TPSA) is 272 Å². The highest BCUT2D eigenvalue weighted by atomic mass is 35.5. The number of carbonyl (C=O) groups excluding carboxylic acids is 3. The maximum Gasteiger partial charge on any atom is 0.389 e. The molecule has 2 N–H and O–H groups in total. The average molecular weight is 1700 g/mol. The third-order valence-corrected chi connectivity index (χ3v) is 24.3. The molecule has 12 aromatic heterocycles. The number of rotatable bonds is 30. The number of nitrogens with zero attached hydrogens (tertiary/aromatic N) is 18. The molecular formula is C82H96ClF9N20O5Si2. The van der Waals surface area contributed by atoms with Crippen molar-refractivity contribution in [3.63, 3.8) is 0 Å². The van der Waals surface area contributed by atoms with Crippen LogP contribution < -0.4 is 14.7 Å². The van der Waals surface area contributed by atoms with Gasteiger partial charge in [-0.1, -0.05) is 39.3 Å². The molecule has 0 fully saturated rings. The first-order valence-electron chi connectivity index (χ1n) is 39.5. The van der Waals surface area contributed by atoms with E-state index in [1.54, 1.807) is 43.4 Å². The molecule has 12 aromatic rings. The van der Waals surface area contributed by atoms with Gasteiger partial charge >= 0.3 is 18.5 Å². The lowest BCUT2D eigenvalue weighted by molar-refractivity contribution is -0.136. The third-order valence-electron chi connectivity index (χ3n) is 20.6. The van der Waals surface area contributed by atoms with Crippen LogP contribution in [0, 0.1) is 0 Å². The highest BCUT2D eigenvalue weighted by Gasteiger charge is 2.36. The van der Waals surface area contributed by atoms with E-state index < -0.39 is 53.9 Å². The van der Waals surface area contributed by atoms with E-state index in [1.807, 2.05) is 97.8 Å². The van der Waals surface area contributed by atoms with Crippen LogP contribution >= 0.6 is 11.6 Å². The molecule has 0 saturated carbocycles. The number of nitrogens with one attached hydrogen (secondary N) is 2. The molecule has 0 unspecified atom stereocenters. The summed E-state index contributed by atoms with van der Waals surface area (Å²) in [6.07, 6.45) is 5.50. The van der Waals surface area contributed by atoms with Crippen LogP contribution in [0.4, 0.5) is 56.8 Å². The number of alkyl halides is 10. The largest absolute Gasteiger partial charge is 0.389 e. The average Bonchev–Trinajstić information content (AvgIpc) is 1.63. The second-order valence-corrected chi connectivity index (χ2v) is 43.5. The van der Waals surface area contributed by atoms with Gasteiger partial charge in [-0.25, -0.2) is 24.9 Å². The monoisotopic (exact) mass is 1700 g/mol. The fraction of sp³-hybridized carbons (Fsp3) is 0.439. The smallest absolute Gasteiger partial charge is 0.366 e. The second kappa shape index (κ2) is 39.1. The predicted molar refractivity (Wildman–Crippen MR) is 440 cm³/mol. The number of pyridine rings is 4. The minimum absolute atomic E-state index is 0.185. The molecule has 632 valence electrons. The molecule has 0 saturated heterocycles. The van der Waals surface area contributed by atoms with E-state index in [4.69, 9.17) is 21.1 Å². The summed E-state index contributed by atoms with van der Waals surface area (Å²) in [5.74, 6) is 0.963. The number of fused-ring (bicyclic) bond motifs is 6. The zero-order valence-electron chi connectivity index (χ0n) is 67.2. The van der Waals surface area contributed by atoms with Crippen molar-refractivity contribution in [1.82, 2.24) is 83.7 Å². The quantitative estimate of drug-likeness (QED) is 0.0139. The summed E-state index contributed by atoms with van der Waals surface area (Å²) in [6.45, 7) is 20.3. The van der Waals surface area contributed by atoms with E-state index in [0.29, 0.717) is 97.6 Å². The lowest BCUT2D eigenvalue weighted by Crippen LogP contribution is -2.32. The van der Waals surface area contributed by atoms with Gasteiger partial charge in [0.15, 0.2) is 17.3 Å². The van der Waals surface area contributed by atoms with Gasteiger partial charge in [0.1, 0.15) is 71.8 Å². The summed E-state index contributed by atoms with van der Waals surface area (Å²) in [5.41, 5.74) is 12.1. The lowest BCUT2D eigenvalue weighted by Gasteiger charge is -2.30. The van der Waals surface area contributed by atoms with Crippen molar-refractivity contribution in [3.05, 3.63) is 203 Å². The first kappa shape index (κ1) is 87.7. The number of hydrogen-bond donors (Lipinski definition) is 2. The minimum atomic E-state index is -4.30. The Morgan fingerprint density at radius 3 is 1.36 bits per heavy atom. The van der Waals surface area contributed by atoms with Gasteiger partial charge in [-0.15, -0.1) is 11.6 Å². The molecule has 0 spiro atoms. The number of halogens is 10. The Hall–Kier alpha value is -10.6. The van der Waals surface area contributed by atoms with Crippen LogP contribution in [-0.4, -0.2) is 169 Å². The van der Waals surface area contributed by atoms with Crippen LogP contribution in [0.25, 0.3) is 33.1 Å². The Labute approximate surface area is 688 Å². The van der Waals surface area contributed by atoms with Gasteiger partial charge in [0.2, 0.25) is 0 Å². The fourth-order valence-corrected chi connectivity index (χ4v) is 16.0. The van der Waals surface area contributed by atoms with E-state index in [9.17, 15) is 53.9 Å². The Bertz CT molecular complexity index is 5370. The number of ketones is 3. The Kier molecular flexibility index (Phi) is 28.8. The van der Waals surface area contributed by atoms with Crippen LogP contribution in [0.15, 0.2) is 135 Å². The van der Waals surface area contributed by atoms with Crippen molar-refractivity contribution in [2.75, 3.05) is 47.5 Å². The van der Waals surface area contributed by atoms with E-state index in [1.165, 1.54) is 12.7 Å². The van der Waals surface area contributed by atoms with Crippen LogP contribution in [0.5, 0.6) is 0 Å². The number of aromatic nitrogens is 17. The summed E-state index contributed by atoms with van der Waals surface area (Å²) in [5, 5.41) is 19.0. The van der Waals surface area contributed by atoms with Crippen LogP contribution in [-0.2, 0) is 80.8 Å². The molecule has 0 amide bonds. The van der Waals surface area contributed by atoms with Crippen molar-refractivity contribution in [3.8, 4) is 0 Å². The maximum absolute atomic E-state index is 13.2. The number of H-pyrrole nitrogens is 2. The first-order chi connectivity index (χ1) is 56.8. The van der Waals surface area contributed by atoms with Crippen molar-refractivity contribution < 1.29 is 63.4 Å². The number of anilines is 3. The summed E-state index contributed by atoms with van der Waals surface area (Å²) < 4.78 is 133. The van der Waals surface area contributed by atoms with Gasteiger partial charge in [0.25, 0.3) is 0 Å². The molecule has 15 heterocycles. The number of Topliss-reactive ketones (excluding diaryl/α,β-unsaturated/α-hetero) is 3. The van der Waals surface area contributed by atoms with Crippen LogP contribution in [0.2, 0.25) is 51.4 Å². The molecule has 0 atom stereocenters. The molecule has 0 bridgehead atoms. The molecule has 3 aliphatic rings. The van der Waals surface area contributed by atoms with Gasteiger partial charge in [-0.3, -0.25) is 43.8 Å². The zero-order chi connectivity index (χ0) is 84.7. The Balaban J connectivity index is 0.000000157. The predicted octanol–water partition coefficient (Wildman–Crippen LogP) is 17.3. The zero-order valence-corrected chi connectivity index (χ0v) is 69.9. The summed E-state index contributed by atoms with van der Waals surface area (Å²) in [4.78, 5) is 82.6. The Morgan fingerprint density at radius 1 is 0.487 bits per heavy atom. The van der Waals surface area contributed by atoms with Gasteiger partial charge in [-0.2, -0.15) is 54.8 Å². The molecule has 15 rings (SSSR count). The first-order valence-corrected chi connectivity index (χ1v) is 47.4. The van der Waals surface area contributed by atoms with Crippen LogP contribution in [0.1, 0.15) is 140 Å². The van der Waals surface area contributed by atoms with E-state index in [0.717, 1.165) is 120 Å². The molecular weight excluding hydrogens is 1610 g/mol. The van der Waals surface area contributed by atoms with E-state index in [2.05, 4.69) is 119 Å². The van der Waals surface area contributed by atoms with Gasteiger partial charge < -0.3 is 38.3 Å². The van der Waals surface area contributed by atoms with Crippen molar-refractivity contribution in [1.29, 1.82) is 0 Å². The molecule has 0 aliphatic carbocycles. The number of carbonyl (C=O) groups is 3. The number of aromatic amines is 2. The Morgan fingerprint density at radius 2 is 0.916 bits per heavy atom. The number of ether oxygens (including phenoxy) is 2. The van der Waals surface area contributed by atoms with Crippen LogP contribution in [0.3, 0.4) is 0 Å². The highest BCUT2D eigenvalue weighted by Crippen LogP contribution is 2.37. The molecule has 0 radical (unpaired) electrons. The maximum atomic E-state index is 13.2. The molecule has 0 aromatic carbocycles. The van der Waals surface area contributed by atoms with E-state index >= 15 is 0 Å². The highest BCUT2D eigenvalue weighted by molar-refractivity contribution is 6.76. The van der Waals surface area contributed by atoms with Gasteiger partial charge in [0, 0.05) is 239 Å². The van der Waals surface area contributed by atoms with Crippen molar-refractivity contribution >= 4 is 95.5 Å². The molecule has 3 aliphatic heterocycles. The second-order valence-electron chi connectivity index (χ2n) is 32.0. The minimum Gasteiger partial charge on any atom is -0.366 e. The van der Waals surface area contributed by atoms with Crippen molar-refractivity contribution in [2.24, 2.45) is 0 Å². The molecule has 119 heavy (non-hydrogen) atoms. The van der Waals surface area contributed by atoms with E-state index in [-0.39, 0.29) is 73.0 Å². The SMILES string of the molecule is C[Si](C)(C)CCOCn1ccc2c(N3CCc4[nH]nc(C(=O)CCCC(F)(F)F)c4C3)ncnc21.C[Si](C)(C)CCOCn1ccc2c(N3CCc4c(c(C(=O)CCCC(F)(F)F)nn4Cc4ccncc4)C3)ncnc21.ClCc1ccncc1.O=C(CCCC(F)(F)F)c1nn(Cc2ccncc2)c2c1CN(c1ccnc3[nH]ccc13)CC2. The normalized spacial score (nSPS) is 13.8. The molecule has 37 heteroatoms. The summed E-state index contributed by atoms with van der Waals surface area (Å²) in [6, 6.07) is 21.3.